The van der Waals surface area contributed by atoms with Crippen LogP contribution in [-0.4, -0.2) is 17.5 Å². The van der Waals surface area contributed by atoms with E-state index in [1.54, 1.807) is 0 Å². The van der Waals surface area contributed by atoms with Crippen molar-refractivity contribution in [3.05, 3.63) is 35.4 Å². The largest absolute Gasteiger partial charge is 0.481 e. The fraction of sp³-hybridized carbons (Fsp3) is 0.333. The second kappa shape index (κ2) is 5.90. The maximum atomic E-state index is 10.6. The molecule has 1 atom stereocenters. The summed E-state index contributed by atoms with van der Waals surface area (Å²) in [6.45, 7) is 2.05. The van der Waals surface area contributed by atoms with Crippen LogP contribution in [0.25, 0.3) is 0 Å². The Morgan fingerprint density at radius 3 is 2.50 bits per heavy atom. The highest BCUT2D eigenvalue weighted by Crippen LogP contribution is 2.17. The molecule has 0 aliphatic carbocycles. The van der Waals surface area contributed by atoms with Crippen molar-refractivity contribution in [2.75, 3.05) is 0 Å². The van der Waals surface area contributed by atoms with Crippen LogP contribution in [0.2, 0.25) is 0 Å². The fourth-order valence-corrected chi connectivity index (χ4v) is 1.52. The molecule has 0 aliphatic rings. The summed E-state index contributed by atoms with van der Waals surface area (Å²) in [5.74, 6) is -0.932. The zero-order valence-corrected chi connectivity index (χ0v) is 9.14. The third-order valence-electron chi connectivity index (χ3n) is 2.44. The third-order valence-corrected chi connectivity index (χ3v) is 2.44. The molecule has 1 aromatic carbocycles. The summed E-state index contributed by atoms with van der Waals surface area (Å²) in [6, 6.07) is 7.13. The summed E-state index contributed by atoms with van der Waals surface area (Å²) in [5, 5.41) is 11.2. The number of benzene rings is 1. The smallest absolute Gasteiger partial charge is 0.305 e. The Kier molecular flexibility index (Phi) is 4.51. The van der Waals surface area contributed by atoms with Crippen LogP contribution in [0.15, 0.2) is 24.3 Å². The number of amides is 1. The number of hydrogen-bond donors (Lipinski definition) is 2. The van der Waals surface area contributed by atoms with E-state index in [9.17, 15) is 9.59 Å². The van der Waals surface area contributed by atoms with Crippen molar-refractivity contribution >= 4 is 12.4 Å². The first kappa shape index (κ1) is 12.2. The standard InChI is InChI=1S/C12H15NO3/c1-2-9-3-5-10(6-4-9)11(13-8-14)7-12(15)16/h3-6,8,11H,2,7H2,1H3,(H,13,14)(H,15,16)/t11-/m1/s1. The van der Waals surface area contributed by atoms with Gasteiger partial charge in [0.25, 0.3) is 0 Å². The first-order valence-electron chi connectivity index (χ1n) is 5.17. The van der Waals surface area contributed by atoms with E-state index in [-0.39, 0.29) is 6.42 Å². The molecule has 0 heterocycles. The summed E-state index contributed by atoms with van der Waals surface area (Å²) < 4.78 is 0. The summed E-state index contributed by atoms with van der Waals surface area (Å²) >= 11 is 0. The number of aliphatic carboxylic acids is 1. The summed E-state index contributed by atoms with van der Waals surface area (Å²) in [7, 11) is 0. The van der Waals surface area contributed by atoms with Gasteiger partial charge in [-0.1, -0.05) is 31.2 Å². The average Bonchev–Trinajstić information content (AvgIpc) is 2.28. The number of nitrogens with one attached hydrogen (secondary N) is 1. The molecule has 0 saturated carbocycles. The fourth-order valence-electron chi connectivity index (χ4n) is 1.52. The van der Waals surface area contributed by atoms with Gasteiger partial charge < -0.3 is 10.4 Å². The van der Waals surface area contributed by atoms with Gasteiger partial charge in [0, 0.05) is 0 Å². The van der Waals surface area contributed by atoms with Gasteiger partial charge in [0.1, 0.15) is 0 Å². The Labute approximate surface area is 94.3 Å². The number of rotatable bonds is 6. The first-order chi connectivity index (χ1) is 7.67. The summed E-state index contributed by atoms with van der Waals surface area (Å²) in [6.07, 6.45) is 1.36. The van der Waals surface area contributed by atoms with E-state index in [2.05, 4.69) is 5.32 Å². The molecule has 0 saturated heterocycles. The van der Waals surface area contributed by atoms with Gasteiger partial charge in [-0.3, -0.25) is 9.59 Å². The summed E-state index contributed by atoms with van der Waals surface area (Å²) in [5.41, 5.74) is 2.00. The Morgan fingerprint density at radius 1 is 1.44 bits per heavy atom. The minimum Gasteiger partial charge on any atom is -0.481 e. The van der Waals surface area contributed by atoms with Gasteiger partial charge in [0.05, 0.1) is 12.5 Å². The van der Waals surface area contributed by atoms with Crippen molar-refractivity contribution < 1.29 is 14.7 Å². The van der Waals surface area contributed by atoms with Crippen LogP contribution in [0.4, 0.5) is 0 Å². The van der Waals surface area contributed by atoms with Gasteiger partial charge in [-0.25, -0.2) is 0 Å². The van der Waals surface area contributed by atoms with Gasteiger partial charge in [0.15, 0.2) is 0 Å². The van der Waals surface area contributed by atoms with Crippen molar-refractivity contribution in [1.29, 1.82) is 0 Å². The Hall–Kier alpha value is -1.84. The Bertz CT molecular complexity index is 359. The van der Waals surface area contributed by atoms with Crippen molar-refractivity contribution in [2.24, 2.45) is 0 Å². The number of aryl methyl sites for hydroxylation is 1. The molecule has 4 heteroatoms. The molecule has 4 nitrogen and oxygen atoms in total. The van der Waals surface area contributed by atoms with Crippen LogP contribution in [0.5, 0.6) is 0 Å². The minimum absolute atomic E-state index is 0.107. The lowest BCUT2D eigenvalue weighted by atomic mass is 10.0. The number of hydrogen-bond acceptors (Lipinski definition) is 2. The van der Waals surface area contributed by atoms with Crippen LogP contribution in [0, 0.1) is 0 Å². The van der Waals surface area contributed by atoms with Gasteiger partial charge in [-0.2, -0.15) is 0 Å². The molecule has 0 radical (unpaired) electrons. The lowest BCUT2D eigenvalue weighted by Crippen LogP contribution is -2.22. The number of carbonyl (C=O) groups excluding carboxylic acids is 1. The maximum Gasteiger partial charge on any atom is 0.305 e. The minimum atomic E-state index is -0.932. The lowest BCUT2D eigenvalue weighted by molar-refractivity contribution is -0.137. The molecule has 1 rings (SSSR count). The predicted octanol–water partition coefficient (Wildman–Crippen LogP) is 1.51. The van der Waals surface area contributed by atoms with E-state index in [1.165, 1.54) is 5.56 Å². The third kappa shape index (κ3) is 3.38. The van der Waals surface area contributed by atoms with Crippen LogP contribution in [0.1, 0.15) is 30.5 Å². The quantitative estimate of drug-likeness (QED) is 0.715. The second-order valence-electron chi connectivity index (χ2n) is 3.53. The number of carboxylic acids is 1. The van der Waals surface area contributed by atoms with Crippen molar-refractivity contribution in [1.82, 2.24) is 5.32 Å². The van der Waals surface area contributed by atoms with E-state index in [1.807, 2.05) is 31.2 Å². The molecule has 2 N–H and O–H groups in total. The molecule has 0 fully saturated rings. The monoisotopic (exact) mass is 221 g/mol. The van der Waals surface area contributed by atoms with Crippen molar-refractivity contribution in [2.45, 2.75) is 25.8 Å². The van der Waals surface area contributed by atoms with Crippen LogP contribution in [0.3, 0.4) is 0 Å². The van der Waals surface area contributed by atoms with Gasteiger partial charge >= 0.3 is 5.97 Å². The van der Waals surface area contributed by atoms with Crippen LogP contribution in [-0.2, 0) is 16.0 Å². The molecule has 0 spiro atoms. The topological polar surface area (TPSA) is 66.4 Å². The summed E-state index contributed by atoms with van der Waals surface area (Å²) in [4.78, 5) is 21.0. The first-order valence-corrected chi connectivity index (χ1v) is 5.17. The second-order valence-corrected chi connectivity index (χ2v) is 3.53. The normalized spacial score (nSPS) is 11.8. The zero-order valence-electron chi connectivity index (χ0n) is 9.14. The van der Waals surface area contributed by atoms with E-state index in [0.717, 1.165) is 12.0 Å². The molecular weight excluding hydrogens is 206 g/mol. The van der Waals surface area contributed by atoms with Crippen molar-refractivity contribution in [3.63, 3.8) is 0 Å². The predicted molar refractivity (Wildman–Crippen MR) is 60.0 cm³/mol. The van der Waals surface area contributed by atoms with Crippen molar-refractivity contribution in [3.8, 4) is 0 Å². The van der Waals surface area contributed by atoms with Crippen LogP contribution >= 0.6 is 0 Å². The van der Waals surface area contributed by atoms with Gasteiger partial charge in [-0.15, -0.1) is 0 Å². The molecule has 0 aromatic heterocycles. The van der Waals surface area contributed by atoms with Gasteiger partial charge in [0.2, 0.25) is 6.41 Å². The number of carbonyl (C=O) groups is 2. The highest BCUT2D eigenvalue weighted by atomic mass is 16.4. The molecule has 1 amide bonds. The van der Waals surface area contributed by atoms with E-state index < -0.39 is 12.0 Å². The molecule has 1 aromatic rings. The molecule has 86 valence electrons. The highest BCUT2D eigenvalue weighted by Gasteiger charge is 2.14. The molecule has 0 aliphatic heterocycles. The van der Waals surface area contributed by atoms with E-state index in [0.29, 0.717) is 6.41 Å². The van der Waals surface area contributed by atoms with E-state index >= 15 is 0 Å². The molecule has 16 heavy (non-hydrogen) atoms. The zero-order chi connectivity index (χ0) is 12.0. The Balaban J connectivity index is 2.82. The van der Waals surface area contributed by atoms with E-state index in [4.69, 9.17) is 5.11 Å². The lowest BCUT2D eigenvalue weighted by Gasteiger charge is -2.14. The molecule has 0 bridgehead atoms. The molecule has 0 unspecified atom stereocenters. The maximum absolute atomic E-state index is 10.6. The SMILES string of the molecule is CCc1ccc([C@@H](CC(=O)O)NC=O)cc1. The molecular formula is C12H15NO3. The van der Waals surface area contributed by atoms with Crippen LogP contribution < -0.4 is 5.32 Å². The number of carboxylic acid groups (broad SMARTS) is 1. The van der Waals surface area contributed by atoms with Gasteiger partial charge in [-0.05, 0) is 17.5 Å². The Morgan fingerprint density at radius 2 is 2.06 bits per heavy atom. The highest BCUT2D eigenvalue weighted by molar-refractivity contribution is 5.68. The average molecular weight is 221 g/mol.